The molecule has 2 atom stereocenters. The molecule has 3 heterocycles. The van der Waals surface area contributed by atoms with Crippen LogP contribution in [0.2, 0.25) is 0 Å². The minimum atomic E-state index is 0.299. The number of rotatable bonds is 2. The lowest BCUT2D eigenvalue weighted by Crippen LogP contribution is -2.37. The van der Waals surface area contributed by atoms with Crippen LogP contribution in [-0.2, 0) is 11.3 Å². The molecule has 0 radical (unpaired) electrons. The summed E-state index contributed by atoms with van der Waals surface area (Å²) in [7, 11) is 0. The van der Waals surface area contributed by atoms with Crippen LogP contribution in [-0.4, -0.2) is 39.0 Å². The Hall–Kier alpha value is -1.38. The smallest absolute Gasteiger partial charge is 0.213 e. The molecule has 1 aliphatic carbocycles. The van der Waals surface area contributed by atoms with E-state index in [1.807, 2.05) is 0 Å². The Morgan fingerprint density at radius 1 is 1.25 bits per heavy atom. The molecule has 0 aromatic carbocycles. The number of fused-ring (bicyclic) bond motifs is 2. The van der Waals surface area contributed by atoms with Crippen molar-refractivity contribution in [2.45, 2.75) is 44.4 Å². The van der Waals surface area contributed by atoms with Crippen LogP contribution in [0.3, 0.4) is 0 Å². The van der Waals surface area contributed by atoms with Crippen LogP contribution in [0.4, 0.5) is 5.13 Å². The van der Waals surface area contributed by atoms with E-state index in [0.717, 1.165) is 16.4 Å². The summed E-state index contributed by atoms with van der Waals surface area (Å²) in [5.74, 6) is 0.556. The predicted molar refractivity (Wildman–Crippen MR) is 75.4 cm³/mol. The highest BCUT2D eigenvalue weighted by atomic mass is 32.1. The first-order valence-corrected chi connectivity index (χ1v) is 7.75. The molecule has 2 N–H and O–H groups in total. The maximum absolute atomic E-state index is 5.88. The zero-order chi connectivity index (χ0) is 13.5. The van der Waals surface area contributed by atoms with Gasteiger partial charge in [0, 0.05) is 0 Å². The van der Waals surface area contributed by atoms with Gasteiger partial charge in [-0.1, -0.05) is 24.2 Å². The second kappa shape index (κ2) is 4.87. The van der Waals surface area contributed by atoms with Crippen molar-refractivity contribution in [2.75, 3.05) is 11.6 Å². The first-order chi connectivity index (χ1) is 9.85. The van der Waals surface area contributed by atoms with Gasteiger partial charge in [0.1, 0.15) is 6.73 Å². The van der Waals surface area contributed by atoms with Crippen LogP contribution >= 0.6 is 11.3 Å². The molecule has 0 amide bonds. The van der Waals surface area contributed by atoms with Gasteiger partial charge in [-0.3, -0.25) is 0 Å². The van der Waals surface area contributed by atoms with Gasteiger partial charge in [0.15, 0.2) is 15.8 Å². The zero-order valence-corrected chi connectivity index (χ0v) is 11.8. The van der Waals surface area contributed by atoms with Gasteiger partial charge in [0.2, 0.25) is 5.65 Å². The largest absolute Gasteiger partial charge is 0.356 e. The lowest BCUT2D eigenvalue weighted by Gasteiger charge is -2.28. The molecule has 1 saturated carbocycles. The van der Waals surface area contributed by atoms with E-state index in [4.69, 9.17) is 10.5 Å². The summed E-state index contributed by atoms with van der Waals surface area (Å²) < 4.78 is 5.88. The number of hydrogen-bond donors (Lipinski definition) is 1. The Labute approximate surface area is 120 Å². The van der Waals surface area contributed by atoms with Gasteiger partial charge in [-0.25, -0.2) is 4.98 Å². The lowest BCUT2D eigenvalue weighted by molar-refractivity contribution is 0.0828. The van der Waals surface area contributed by atoms with Gasteiger partial charge in [-0.15, -0.1) is 10.2 Å². The summed E-state index contributed by atoms with van der Waals surface area (Å²) in [5.41, 5.74) is 6.14. The maximum Gasteiger partial charge on any atom is 0.213 e. The number of anilines is 1. The van der Waals surface area contributed by atoms with E-state index in [-0.39, 0.29) is 0 Å². The number of hydrogen-bond acceptors (Lipinski definition) is 8. The van der Waals surface area contributed by atoms with Crippen molar-refractivity contribution in [1.82, 2.24) is 20.2 Å². The van der Waals surface area contributed by atoms with Crippen molar-refractivity contribution in [1.29, 1.82) is 0 Å². The fraction of sp³-hybridized carbons (Fsp3) is 0.667. The molecule has 20 heavy (non-hydrogen) atoms. The molecule has 1 saturated heterocycles. The topological polar surface area (TPSA) is 90.0 Å². The highest BCUT2D eigenvalue weighted by molar-refractivity contribution is 7.21. The van der Waals surface area contributed by atoms with Crippen molar-refractivity contribution in [3.63, 3.8) is 0 Å². The number of aromatic nitrogens is 4. The van der Waals surface area contributed by atoms with Crippen LogP contribution in [0.5, 0.6) is 0 Å². The molecular weight excluding hydrogens is 276 g/mol. The molecule has 0 bridgehead atoms. The normalized spacial score (nSPS) is 26.1. The third kappa shape index (κ3) is 1.95. The standard InChI is InChI=1S/C12H16N6OS/c13-5-9-14-11-10(17-16-9)15-12(20-11)18-6-19-8-4-2-1-3-7(8)18/h7-8H,1-6,13H2/t7-,8-/m1/s1. The van der Waals surface area contributed by atoms with Crippen LogP contribution in [0.25, 0.3) is 10.5 Å². The molecule has 2 aliphatic rings. The predicted octanol–water partition coefficient (Wildman–Crippen LogP) is 1.05. The van der Waals surface area contributed by atoms with E-state index in [1.54, 1.807) is 11.3 Å². The molecule has 2 aromatic rings. The molecule has 1 aliphatic heterocycles. The third-order valence-corrected chi connectivity index (χ3v) is 4.97. The van der Waals surface area contributed by atoms with Crippen molar-refractivity contribution >= 4 is 26.9 Å². The maximum atomic E-state index is 5.88. The number of thiazole rings is 1. The summed E-state index contributed by atoms with van der Waals surface area (Å²) >= 11 is 1.55. The van der Waals surface area contributed by atoms with Crippen molar-refractivity contribution in [3.05, 3.63) is 5.82 Å². The number of ether oxygens (including phenoxy) is 1. The molecular formula is C12H16N6OS. The van der Waals surface area contributed by atoms with E-state index in [1.165, 1.54) is 19.3 Å². The Balaban J connectivity index is 1.68. The summed E-state index contributed by atoms with van der Waals surface area (Å²) in [5, 5.41) is 8.98. The fourth-order valence-corrected chi connectivity index (χ4v) is 3.92. The molecule has 2 aromatic heterocycles. The minimum absolute atomic E-state index is 0.299. The fourth-order valence-electron chi connectivity index (χ4n) is 2.98. The Morgan fingerprint density at radius 2 is 2.15 bits per heavy atom. The number of nitrogens with zero attached hydrogens (tertiary/aromatic N) is 5. The van der Waals surface area contributed by atoms with Crippen LogP contribution < -0.4 is 10.6 Å². The molecule has 8 heteroatoms. The van der Waals surface area contributed by atoms with Crippen LogP contribution in [0.15, 0.2) is 0 Å². The number of nitrogens with two attached hydrogens (primary N) is 1. The average Bonchev–Trinajstić information content (AvgIpc) is 3.09. The van der Waals surface area contributed by atoms with Gasteiger partial charge in [0.05, 0.1) is 18.7 Å². The average molecular weight is 292 g/mol. The van der Waals surface area contributed by atoms with Gasteiger partial charge in [0.25, 0.3) is 0 Å². The quantitative estimate of drug-likeness (QED) is 0.884. The van der Waals surface area contributed by atoms with Crippen molar-refractivity contribution in [3.8, 4) is 0 Å². The molecule has 4 rings (SSSR count). The third-order valence-electron chi connectivity index (χ3n) is 4.00. The zero-order valence-electron chi connectivity index (χ0n) is 11.0. The van der Waals surface area contributed by atoms with E-state index in [2.05, 4.69) is 25.1 Å². The second-order valence-electron chi connectivity index (χ2n) is 5.21. The SMILES string of the molecule is NCc1nnc2nc(N3CO[C@@H]4CCCC[C@H]43)sc2n1. The highest BCUT2D eigenvalue weighted by Crippen LogP contribution is 2.36. The van der Waals surface area contributed by atoms with E-state index >= 15 is 0 Å². The highest BCUT2D eigenvalue weighted by Gasteiger charge is 2.38. The Kier molecular flexibility index (Phi) is 3.01. The van der Waals surface area contributed by atoms with Gasteiger partial charge in [-0.05, 0) is 12.8 Å². The van der Waals surface area contributed by atoms with E-state index in [0.29, 0.717) is 36.9 Å². The van der Waals surface area contributed by atoms with Gasteiger partial charge >= 0.3 is 0 Å². The van der Waals surface area contributed by atoms with E-state index in [9.17, 15) is 0 Å². The first-order valence-electron chi connectivity index (χ1n) is 6.93. The molecule has 0 unspecified atom stereocenters. The first kappa shape index (κ1) is 12.4. The molecule has 7 nitrogen and oxygen atoms in total. The second-order valence-corrected chi connectivity index (χ2v) is 6.17. The summed E-state index contributed by atoms with van der Waals surface area (Å²) in [6.45, 7) is 0.917. The monoisotopic (exact) mass is 292 g/mol. The molecule has 0 spiro atoms. The lowest BCUT2D eigenvalue weighted by atomic mass is 9.93. The van der Waals surface area contributed by atoms with Crippen LogP contribution in [0.1, 0.15) is 31.5 Å². The van der Waals surface area contributed by atoms with Crippen LogP contribution in [0, 0.1) is 0 Å². The van der Waals surface area contributed by atoms with Gasteiger partial charge < -0.3 is 15.4 Å². The van der Waals surface area contributed by atoms with Crippen molar-refractivity contribution in [2.24, 2.45) is 5.73 Å². The van der Waals surface area contributed by atoms with Crippen molar-refractivity contribution < 1.29 is 4.74 Å². The van der Waals surface area contributed by atoms with E-state index < -0.39 is 0 Å². The minimum Gasteiger partial charge on any atom is -0.356 e. The Bertz CT molecular complexity index is 631. The summed E-state index contributed by atoms with van der Waals surface area (Å²) in [6.07, 6.45) is 5.22. The molecule has 106 valence electrons. The summed E-state index contributed by atoms with van der Waals surface area (Å²) in [4.78, 5) is 12.0. The molecule has 2 fully saturated rings. The van der Waals surface area contributed by atoms with Gasteiger partial charge in [-0.2, -0.15) is 4.98 Å². The summed E-state index contributed by atoms with van der Waals surface area (Å²) in [6, 6.07) is 0.450. The Morgan fingerprint density at radius 3 is 3.05 bits per heavy atom.